The van der Waals surface area contributed by atoms with Crippen LogP contribution in [-0.4, -0.2) is 10.1 Å². The Morgan fingerprint density at radius 2 is 1.55 bits per heavy atom. The summed E-state index contributed by atoms with van der Waals surface area (Å²) in [4.78, 5) is 4.11. The van der Waals surface area contributed by atoms with E-state index < -0.39 is 5.60 Å². The summed E-state index contributed by atoms with van der Waals surface area (Å²) in [5.41, 5.74) is 1.07. The molecule has 0 radical (unpaired) electrons. The smallest absolute Gasteiger partial charge is 0.117 e. The summed E-state index contributed by atoms with van der Waals surface area (Å²) in [5.74, 6) is 1.11. The number of pyridine rings is 1. The van der Waals surface area contributed by atoms with E-state index >= 15 is 0 Å². The van der Waals surface area contributed by atoms with E-state index in [0.717, 1.165) is 29.9 Å². The molecule has 1 aliphatic rings. The molecule has 2 nitrogen and oxygen atoms in total. The lowest BCUT2D eigenvalue weighted by Crippen LogP contribution is -2.38. The maximum absolute atomic E-state index is 11.7. The van der Waals surface area contributed by atoms with E-state index in [9.17, 15) is 5.11 Å². The summed E-state index contributed by atoms with van der Waals surface area (Å²) in [6, 6.07) is 14.0. The highest BCUT2D eigenvalue weighted by atomic mass is 16.3. The summed E-state index contributed by atoms with van der Waals surface area (Å²) in [6.07, 6.45) is 9.44. The maximum Gasteiger partial charge on any atom is 0.117 e. The van der Waals surface area contributed by atoms with Gasteiger partial charge in [-0.05, 0) is 47.9 Å². The molecule has 1 aromatic carbocycles. The van der Waals surface area contributed by atoms with Gasteiger partial charge in [-0.1, -0.05) is 56.5 Å². The molecule has 22 heavy (non-hydrogen) atoms. The van der Waals surface area contributed by atoms with Gasteiger partial charge in [-0.2, -0.15) is 0 Å². The van der Waals surface area contributed by atoms with E-state index in [1.807, 2.05) is 42.5 Å². The number of hydrogen-bond acceptors (Lipinski definition) is 2. The highest BCUT2D eigenvalue weighted by molar-refractivity contribution is 5.36. The summed E-state index contributed by atoms with van der Waals surface area (Å²) in [5, 5.41) is 11.7. The second-order valence-electron chi connectivity index (χ2n) is 6.49. The van der Waals surface area contributed by atoms with Gasteiger partial charge >= 0.3 is 0 Å². The fraction of sp³-hybridized carbons (Fsp3) is 0.450. The molecule has 0 spiro atoms. The monoisotopic (exact) mass is 295 g/mol. The first-order valence-electron chi connectivity index (χ1n) is 8.43. The second kappa shape index (κ2) is 6.62. The second-order valence-corrected chi connectivity index (χ2v) is 6.49. The lowest BCUT2D eigenvalue weighted by Gasteiger charge is -2.41. The highest BCUT2D eigenvalue weighted by Gasteiger charge is 2.41. The SMILES string of the molecule is CCC1CCC(C(O)(c2ccccc2)c2ccncc2)CC1. The van der Waals surface area contributed by atoms with Gasteiger partial charge in [0.1, 0.15) is 5.60 Å². The van der Waals surface area contributed by atoms with Crippen molar-refractivity contribution in [3.8, 4) is 0 Å². The first-order valence-corrected chi connectivity index (χ1v) is 8.43. The fourth-order valence-electron chi connectivity index (χ4n) is 3.92. The number of aromatic nitrogens is 1. The van der Waals surface area contributed by atoms with Gasteiger partial charge < -0.3 is 5.11 Å². The van der Waals surface area contributed by atoms with Crippen LogP contribution < -0.4 is 0 Å². The summed E-state index contributed by atoms with van der Waals surface area (Å²) >= 11 is 0. The van der Waals surface area contributed by atoms with Crippen LogP contribution in [0, 0.1) is 11.8 Å². The number of benzene rings is 1. The zero-order valence-corrected chi connectivity index (χ0v) is 13.3. The fourth-order valence-corrected chi connectivity index (χ4v) is 3.92. The molecule has 1 aromatic heterocycles. The average molecular weight is 295 g/mol. The lowest BCUT2D eigenvalue weighted by molar-refractivity contribution is -0.00773. The minimum absolute atomic E-state index is 0.278. The molecule has 1 N–H and O–H groups in total. The van der Waals surface area contributed by atoms with Crippen molar-refractivity contribution in [2.24, 2.45) is 11.8 Å². The van der Waals surface area contributed by atoms with Gasteiger partial charge in [0.25, 0.3) is 0 Å². The molecular formula is C20H25NO. The van der Waals surface area contributed by atoms with Crippen molar-refractivity contribution in [2.45, 2.75) is 44.6 Å². The molecule has 1 heterocycles. The topological polar surface area (TPSA) is 33.1 Å². The molecule has 116 valence electrons. The Morgan fingerprint density at radius 3 is 2.14 bits per heavy atom. The molecular weight excluding hydrogens is 270 g/mol. The van der Waals surface area contributed by atoms with E-state index in [0.29, 0.717) is 0 Å². The molecule has 1 saturated carbocycles. The number of hydrogen-bond donors (Lipinski definition) is 1. The molecule has 1 unspecified atom stereocenters. The molecule has 0 saturated heterocycles. The van der Waals surface area contributed by atoms with Crippen molar-refractivity contribution >= 4 is 0 Å². The molecule has 1 atom stereocenters. The van der Waals surface area contributed by atoms with E-state index in [2.05, 4.69) is 11.9 Å². The van der Waals surface area contributed by atoms with E-state index in [1.165, 1.54) is 19.3 Å². The molecule has 1 fully saturated rings. The Morgan fingerprint density at radius 1 is 0.955 bits per heavy atom. The Kier molecular flexibility index (Phi) is 4.58. The molecule has 3 rings (SSSR count). The zero-order valence-electron chi connectivity index (χ0n) is 13.3. The van der Waals surface area contributed by atoms with Crippen LogP contribution in [0.3, 0.4) is 0 Å². The van der Waals surface area contributed by atoms with E-state index in [-0.39, 0.29) is 5.92 Å². The normalized spacial score (nSPS) is 24.6. The van der Waals surface area contributed by atoms with Crippen molar-refractivity contribution in [1.82, 2.24) is 4.98 Å². The van der Waals surface area contributed by atoms with Crippen LogP contribution in [0.5, 0.6) is 0 Å². The Bertz CT molecular complexity index is 534. The first kappa shape index (κ1) is 15.2. The van der Waals surface area contributed by atoms with Crippen molar-refractivity contribution in [2.75, 3.05) is 0 Å². The minimum Gasteiger partial charge on any atom is -0.380 e. The number of aliphatic hydroxyl groups is 1. The van der Waals surface area contributed by atoms with Crippen molar-refractivity contribution in [3.05, 3.63) is 66.0 Å². The van der Waals surface area contributed by atoms with E-state index in [1.54, 1.807) is 12.4 Å². The highest BCUT2D eigenvalue weighted by Crippen LogP contribution is 2.45. The first-order chi connectivity index (χ1) is 10.7. The Labute approximate surface area is 133 Å². The number of nitrogens with zero attached hydrogens (tertiary/aromatic N) is 1. The molecule has 0 amide bonds. The van der Waals surface area contributed by atoms with Crippen LogP contribution in [0.4, 0.5) is 0 Å². The van der Waals surface area contributed by atoms with Crippen LogP contribution in [0.1, 0.15) is 50.2 Å². The van der Waals surface area contributed by atoms with Gasteiger partial charge in [0.15, 0.2) is 0 Å². The zero-order chi connectivity index (χ0) is 15.4. The third-order valence-electron chi connectivity index (χ3n) is 5.35. The molecule has 1 aliphatic carbocycles. The molecule has 2 aromatic rings. The molecule has 2 heteroatoms. The van der Waals surface area contributed by atoms with Gasteiger partial charge in [0.05, 0.1) is 0 Å². The third kappa shape index (κ3) is 2.80. The predicted molar refractivity (Wildman–Crippen MR) is 89.4 cm³/mol. The largest absolute Gasteiger partial charge is 0.380 e. The number of rotatable bonds is 4. The lowest BCUT2D eigenvalue weighted by atomic mass is 9.68. The van der Waals surface area contributed by atoms with Crippen molar-refractivity contribution in [1.29, 1.82) is 0 Å². The van der Waals surface area contributed by atoms with Gasteiger partial charge in [-0.25, -0.2) is 0 Å². The van der Waals surface area contributed by atoms with Crippen LogP contribution in [0.2, 0.25) is 0 Å². The molecule has 0 bridgehead atoms. The van der Waals surface area contributed by atoms with Crippen LogP contribution in [0.15, 0.2) is 54.9 Å². The Balaban J connectivity index is 1.97. The van der Waals surface area contributed by atoms with Crippen LogP contribution >= 0.6 is 0 Å². The quantitative estimate of drug-likeness (QED) is 0.898. The summed E-state index contributed by atoms with van der Waals surface area (Å²) < 4.78 is 0. The minimum atomic E-state index is -0.900. The van der Waals surface area contributed by atoms with Crippen LogP contribution in [-0.2, 0) is 5.60 Å². The van der Waals surface area contributed by atoms with Crippen molar-refractivity contribution in [3.63, 3.8) is 0 Å². The average Bonchev–Trinajstić information content (AvgIpc) is 2.62. The van der Waals surface area contributed by atoms with Crippen LogP contribution in [0.25, 0.3) is 0 Å². The standard InChI is InChI=1S/C20H25NO/c1-2-16-8-10-18(11-9-16)20(22,17-6-4-3-5-7-17)19-12-14-21-15-13-19/h3-7,12-16,18,22H,2,8-11H2,1H3. The third-order valence-corrected chi connectivity index (χ3v) is 5.35. The Hall–Kier alpha value is -1.67. The van der Waals surface area contributed by atoms with Gasteiger partial charge in [-0.15, -0.1) is 0 Å². The van der Waals surface area contributed by atoms with Gasteiger partial charge in [0.2, 0.25) is 0 Å². The summed E-state index contributed by atoms with van der Waals surface area (Å²) in [7, 11) is 0. The predicted octanol–water partition coefficient (Wildman–Crippen LogP) is 4.53. The van der Waals surface area contributed by atoms with Crippen molar-refractivity contribution < 1.29 is 5.11 Å². The van der Waals surface area contributed by atoms with Gasteiger partial charge in [-0.3, -0.25) is 4.98 Å². The maximum atomic E-state index is 11.7. The summed E-state index contributed by atoms with van der Waals surface area (Å²) in [6.45, 7) is 2.28. The van der Waals surface area contributed by atoms with Gasteiger partial charge in [0, 0.05) is 12.4 Å². The van der Waals surface area contributed by atoms with E-state index in [4.69, 9.17) is 0 Å². The molecule has 0 aliphatic heterocycles.